The topological polar surface area (TPSA) is 57.9 Å². The van der Waals surface area contributed by atoms with Crippen LogP contribution < -0.4 is 15.0 Å². The summed E-state index contributed by atoms with van der Waals surface area (Å²) in [6.45, 7) is 4.83. The first-order valence-corrected chi connectivity index (χ1v) is 9.51. The number of anilines is 1. The molecule has 1 aromatic carbocycles. The highest BCUT2D eigenvalue weighted by molar-refractivity contribution is 5.80. The molecule has 1 N–H and O–H groups in total. The fraction of sp³-hybridized carbons (Fsp3) is 0.500. The zero-order valence-electron chi connectivity index (χ0n) is 16.6. The second kappa shape index (κ2) is 9.30. The summed E-state index contributed by atoms with van der Waals surface area (Å²) in [5.74, 6) is 1.89. The molecular formula is C20H30N6O. The van der Waals surface area contributed by atoms with Crippen LogP contribution in [0.15, 0.2) is 41.7 Å². The van der Waals surface area contributed by atoms with Crippen molar-refractivity contribution in [2.45, 2.75) is 12.8 Å². The van der Waals surface area contributed by atoms with Crippen LogP contribution in [0.4, 0.5) is 5.69 Å². The highest BCUT2D eigenvalue weighted by Crippen LogP contribution is 2.20. The van der Waals surface area contributed by atoms with E-state index in [1.165, 1.54) is 11.3 Å². The Kier molecular flexibility index (Phi) is 6.57. The molecule has 0 spiro atoms. The Hall–Kier alpha value is -2.70. The van der Waals surface area contributed by atoms with E-state index in [0.717, 1.165) is 57.3 Å². The van der Waals surface area contributed by atoms with Gasteiger partial charge in [0.25, 0.3) is 0 Å². The average molecular weight is 371 g/mol. The van der Waals surface area contributed by atoms with E-state index in [1.807, 2.05) is 37.1 Å². The summed E-state index contributed by atoms with van der Waals surface area (Å²) >= 11 is 0. The number of nitrogens with zero attached hydrogens (tertiary/aromatic N) is 5. The fourth-order valence-electron chi connectivity index (χ4n) is 3.40. The van der Waals surface area contributed by atoms with E-state index in [-0.39, 0.29) is 0 Å². The predicted molar refractivity (Wildman–Crippen MR) is 110 cm³/mol. The normalized spacial score (nSPS) is 15.1. The molecule has 1 aliphatic heterocycles. The maximum atomic E-state index is 5.24. The van der Waals surface area contributed by atoms with Crippen molar-refractivity contribution >= 4 is 11.6 Å². The summed E-state index contributed by atoms with van der Waals surface area (Å²) < 4.78 is 7.09. The molecule has 0 aliphatic carbocycles. The lowest BCUT2D eigenvalue weighted by Gasteiger charge is -2.37. The summed E-state index contributed by atoms with van der Waals surface area (Å²) in [7, 11) is 5.51. The summed E-state index contributed by atoms with van der Waals surface area (Å²) in [6.07, 6.45) is 6.11. The maximum absolute atomic E-state index is 5.24. The third-order valence-corrected chi connectivity index (χ3v) is 4.91. The molecule has 0 atom stereocenters. The zero-order chi connectivity index (χ0) is 19.1. The van der Waals surface area contributed by atoms with Gasteiger partial charge in [0.2, 0.25) is 0 Å². The van der Waals surface area contributed by atoms with Gasteiger partial charge in [0.15, 0.2) is 5.96 Å². The van der Waals surface area contributed by atoms with Gasteiger partial charge in [0.1, 0.15) is 5.75 Å². The molecule has 146 valence electrons. The van der Waals surface area contributed by atoms with E-state index < -0.39 is 0 Å². The zero-order valence-corrected chi connectivity index (χ0v) is 16.6. The number of hydrogen-bond acceptors (Lipinski definition) is 4. The number of nitrogens with one attached hydrogen (secondary N) is 1. The van der Waals surface area contributed by atoms with Gasteiger partial charge in [-0.2, -0.15) is 5.10 Å². The summed E-state index contributed by atoms with van der Waals surface area (Å²) in [5.41, 5.74) is 2.53. The lowest BCUT2D eigenvalue weighted by molar-refractivity contribution is 0.372. The van der Waals surface area contributed by atoms with Crippen molar-refractivity contribution in [2.75, 3.05) is 51.8 Å². The summed E-state index contributed by atoms with van der Waals surface area (Å²) in [4.78, 5) is 9.21. The van der Waals surface area contributed by atoms with E-state index in [0.29, 0.717) is 0 Å². The van der Waals surface area contributed by atoms with E-state index in [2.05, 4.69) is 43.5 Å². The van der Waals surface area contributed by atoms with Crippen LogP contribution in [-0.2, 0) is 13.5 Å². The minimum atomic E-state index is 0.897. The molecule has 0 saturated carbocycles. The van der Waals surface area contributed by atoms with E-state index in [9.17, 15) is 0 Å². The van der Waals surface area contributed by atoms with Gasteiger partial charge in [-0.05, 0) is 42.7 Å². The Bertz CT molecular complexity index is 731. The minimum Gasteiger partial charge on any atom is -0.497 e. The molecular weight excluding hydrogens is 340 g/mol. The van der Waals surface area contributed by atoms with Crippen molar-refractivity contribution < 1.29 is 4.74 Å². The van der Waals surface area contributed by atoms with Crippen molar-refractivity contribution in [2.24, 2.45) is 12.0 Å². The molecule has 0 bridgehead atoms. The van der Waals surface area contributed by atoms with Crippen molar-refractivity contribution in [3.05, 3.63) is 42.2 Å². The van der Waals surface area contributed by atoms with Crippen molar-refractivity contribution in [1.29, 1.82) is 0 Å². The van der Waals surface area contributed by atoms with Crippen LogP contribution in [0.1, 0.15) is 12.0 Å². The Balaban J connectivity index is 1.42. The first-order valence-electron chi connectivity index (χ1n) is 9.51. The van der Waals surface area contributed by atoms with Gasteiger partial charge >= 0.3 is 0 Å². The molecule has 1 aromatic heterocycles. The third kappa shape index (κ3) is 5.15. The number of aryl methyl sites for hydroxylation is 2. The second-order valence-electron chi connectivity index (χ2n) is 6.77. The van der Waals surface area contributed by atoms with Gasteiger partial charge in [0.05, 0.1) is 13.3 Å². The van der Waals surface area contributed by atoms with Gasteiger partial charge in [0, 0.05) is 58.7 Å². The number of piperazine rings is 1. The number of aromatic nitrogens is 2. The standard InChI is InChI=1S/C20H30N6O/c1-21-20(22-10-4-5-17-15-23-24(2)16-17)26-13-11-25(12-14-26)18-6-8-19(27-3)9-7-18/h6-9,15-16H,4-5,10-14H2,1-3H3,(H,21,22). The number of benzene rings is 1. The molecule has 2 aromatic rings. The number of ether oxygens (including phenoxy) is 1. The number of guanidine groups is 1. The molecule has 2 heterocycles. The highest BCUT2D eigenvalue weighted by Gasteiger charge is 2.19. The first-order chi connectivity index (χ1) is 13.2. The van der Waals surface area contributed by atoms with Crippen molar-refractivity contribution in [3.63, 3.8) is 0 Å². The van der Waals surface area contributed by atoms with Crippen LogP contribution >= 0.6 is 0 Å². The van der Waals surface area contributed by atoms with Gasteiger partial charge < -0.3 is 19.9 Å². The van der Waals surface area contributed by atoms with Gasteiger partial charge in [-0.25, -0.2) is 0 Å². The lowest BCUT2D eigenvalue weighted by Crippen LogP contribution is -2.52. The molecule has 1 fully saturated rings. The number of rotatable bonds is 6. The maximum Gasteiger partial charge on any atom is 0.193 e. The van der Waals surface area contributed by atoms with E-state index >= 15 is 0 Å². The molecule has 1 aliphatic rings. The fourth-order valence-corrected chi connectivity index (χ4v) is 3.40. The SMILES string of the molecule is CN=C(NCCCc1cnn(C)c1)N1CCN(c2ccc(OC)cc2)CC1. The molecule has 0 unspecified atom stereocenters. The van der Waals surface area contributed by atoms with Gasteiger partial charge in [-0.1, -0.05) is 0 Å². The van der Waals surface area contributed by atoms with Crippen molar-refractivity contribution in [1.82, 2.24) is 20.0 Å². The monoisotopic (exact) mass is 370 g/mol. The molecule has 0 amide bonds. The summed E-state index contributed by atoms with van der Waals surface area (Å²) in [5, 5.41) is 7.71. The Morgan fingerprint density at radius 2 is 1.93 bits per heavy atom. The molecule has 1 saturated heterocycles. The Morgan fingerprint density at radius 3 is 2.52 bits per heavy atom. The van der Waals surface area contributed by atoms with Crippen LogP contribution in [0.2, 0.25) is 0 Å². The van der Waals surface area contributed by atoms with E-state index in [4.69, 9.17) is 4.74 Å². The van der Waals surface area contributed by atoms with Crippen LogP contribution in [0, 0.1) is 0 Å². The number of hydrogen-bond donors (Lipinski definition) is 1. The largest absolute Gasteiger partial charge is 0.497 e. The smallest absolute Gasteiger partial charge is 0.193 e. The molecule has 3 rings (SSSR count). The summed E-state index contributed by atoms with van der Waals surface area (Å²) in [6, 6.07) is 8.29. The van der Waals surface area contributed by atoms with Crippen LogP contribution in [0.3, 0.4) is 0 Å². The van der Waals surface area contributed by atoms with Crippen LogP contribution in [0.25, 0.3) is 0 Å². The molecule has 7 nitrogen and oxygen atoms in total. The van der Waals surface area contributed by atoms with Gasteiger partial charge in [-0.15, -0.1) is 0 Å². The molecule has 7 heteroatoms. The third-order valence-electron chi connectivity index (χ3n) is 4.91. The highest BCUT2D eigenvalue weighted by atomic mass is 16.5. The number of aliphatic imine (C=N–C) groups is 1. The van der Waals surface area contributed by atoms with Crippen molar-refractivity contribution in [3.8, 4) is 5.75 Å². The van der Waals surface area contributed by atoms with E-state index in [1.54, 1.807) is 7.11 Å². The quantitative estimate of drug-likeness (QED) is 0.477. The lowest BCUT2D eigenvalue weighted by atomic mass is 10.2. The average Bonchev–Trinajstić information content (AvgIpc) is 3.13. The second-order valence-corrected chi connectivity index (χ2v) is 6.77. The minimum absolute atomic E-state index is 0.897. The van der Waals surface area contributed by atoms with Crippen LogP contribution in [0.5, 0.6) is 5.75 Å². The number of methoxy groups -OCH3 is 1. The molecule has 27 heavy (non-hydrogen) atoms. The Morgan fingerprint density at radius 1 is 1.19 bits per heavy atom. The Labute approximate surface area is 161 Å². The predicted octanol–water partition coefficient (Wildman–Crippen LogP) is 1.76. The first kappa shape index (κ1) is 19.1. The van der Waals surface area contributed by atoms with Gasteiger partial charge in [-0.3, -0.25) is 9.67 Å². The molecule has 0 radical (unpaired) electrons. The van der Waals surface area contributed by atoms with Crippen LogP contribution in [-0.4, -0.2) is 67.5 Å².